The standard InChI is InChI=1S/C17H18N2O/c1-12-5-4-7-14(9-12)19-17(20)16-11-18-10-13-6-2-3-8-15(13)16/h2-9,16,18H,10-11H2,1H3,(H,19,20). The van der Waals surface area contributed by atoms with E-state index in [-0.39, 0.29) is 11.8 Å². The maximum Gasteiger partial charge on any atom is 0.233 e. The third kappa shape index (κ3) is 2.58. The molecule has 0 aromatic heterocycles. The summed E-state index contributed by atoms with van der Waals surface area (Å²) in [6.07, 6.45) is 0. The lowest BCUT2D eigenvalue weighted by molar-refractivity contribution is -0.117. The fraction of sp³-hybridized carbons (Fsp3) is 0.235. The summed E-state index contributed by atoms with van der Waals surface area (Å²) in [5.41, 5.74) is 4.35. The number of aryl methyl sites for hydroxylation is 1. The van der Waals surface area contributed by atoms with Gasteiger partial charge in [0.05, 0.1) is 5.92 Å². The zero-order valence-corrected chi connectivity index (χ0v) is 11.5. The van der Waals surface area contributed by atoms with Gasteiger partial charge in [0, 0.05) is 18.8 Å². The smallest absolute Gasteiger partial charge is 0.233 e. The Bertz CT molecular complexity index is 636. The van der Waals surface area contributed by atoms with Crippen molar-refractivity contribution in [1.82, 2.24) is 5.32 Å². The van der Waals surface area contributed by atoms with Gasteiger partial charge in [0.1, 0.15) is 0 Å². The first-order valence-electron chi connectivity index (χ1n) is 6.90. The van der Waals surface area contributed by atoms with E-state index in [9.17, 15) is 4.79 Å². The molecule has 0 spiro atoms. The minimum Gasteiger partial charge on any atom is -0.326 e. The quantitative estimate of drug-likeness (QED) is 0.877. The molecule has 2 aromatic rings. The lowest BCUT2D eigenvalue weighted by Crippen LogP contribution is -2.35. The van der Waals surface area contributed by atoms with Gasteiger partial charge >= 0.3 is 0 Å². The summed E-state index contributed by atoms with van der Waals surface area (Å²) in [4.78, 5) is 12.5. The molecule has 0 radical (unpaired) electrons. The van der Waals surface area contributed by atoms with E-state index in [1.807, 2.05) is 43.3 Å². The zero-order chi connectivity index (χ0) is 13.9. The average Bonchev–Trinajstić information content (AvgIpc) is 2.46. The molecule has 1 atom stereocenters. The largest absolute Gasteiger partial charge is 0.326 e. The van der Waals surface area contributed by atoms with Crippen LogP contribution in [-0.4, -0.2) is 12.5 Å². The summed E-state index contributed by atoms with van der Waals surface area (Å²) >= 11 is 0. The molecule has 102 valence electrons. The van der Waals surface area contributed by atoms with E-state index in [0.29, 0.717) is 6.54 Å². The number of amides is 1. The number of hydrogen-bond acceptors (Lipinski definition) is 2. The number of anilines is 1. The molecule has 0 saturated heterocycles. The number of fused-ring (bicyclic) bond motifs is 1. The second-order valence-corrected chi connectivity index (χ2v) is 5.24. The highest BCUT2D eigenvalue weighted by Crippen LogP contribution is 2.25. The van der Waals surface area contributed by atoms with Gasteiger partial charge in [0.15, 0.2) is 0 Å². The van der Waals surface area contributed by atoms with Crippen LogP contribution in [0.2, 0.25) is 0 Å². The fourth-order valence-corrected chi connectivity index (χ4v) is 2.68. The Balaban J connectivity index is 1.82. The molecule has 20 heavy (non-hydrogen) atoms. The Hall–Kier alpha value is -2.13. The van der Waals surface area contributed by atoms with Crippen LogP contribution in [0.5, 0.6) is 0 Å². The van der Waals surface area contributed by atoms with Crippen LogP contribution in [0.15, 0.2) is 48.5 Å². The maximum absolute atomic E-state index is 12.5. The summed E-state index contributed by atoms with van der Waals surface area (Å²) in [5.74, 6) is -0.0734. The van der Waals surface area contributed by atoms with E-state index >= 15 is 0 Å². The SMILES string of the molecule is Cc1cccc(NC(=O)C2CNCc3ccccc32)c1. The number of nitrogens with one attached hydrogen (secondary N) is 2. The van der Waals surface area contributed by atoms with Crippen LogP contribution in [0.3, 0.4) is 0 Å². The highest BCUT2D eigenvalue weighted by atomic mass is 16.1. The van der Waals surface area contributed by atoms with Crippen LogP contribution in [0.4, 0.5) is 5.69 Å². The topological polar surface area (TPSA) is 41.1 Å². The van der Waals surface area contributed by atoms with E-state index in [2.05, 4.69) is 22.8 Å². The van der Waals surface area contributed by atoms with Crippen LogP contribution in [-0.2, 0) is 11.3 Å². The van der Waals surface area contributed by atoms with Crippen molar-refractivity contribution in [3.63, 3.8) is 0 Å². The predicted molar refractivity (Wildman–Crippen MR) is 80.7 cm³/mol. The Labute approximate surface area is 119 Å². The van der Waals surface area contributed by atoms with E-state index in [1.165, 1.54) is 5.56 Å². The monoisotopic (exact) mass is 266 g/mol. The Morgan fingerprint density at radius 2 is 2.05 bits per heavy atom. The third-order valence-corrected chi connectivity index (χ3v) is 3.70. The minimum absolute atomic E-state index is 0.0512. The molecule has 3 heteroatoms. The highest BCUT2D eigenvalue weighted by molar-refractivity contribution is 5.96. The van der Waals surface area contributed by atoms with Crippen LogP contribution in [0, 0.1) is 6.92 Å². The van der Waals surface area contributed by atoms with Gasteiger partial charge in [0.2, 0.25) is 5.91 Å². The second-order valence-electron chi connectivity index (χ2n) is 5.24. The van der Waals surface area contributed by atoms with E-state index in [0.717, 1.165) is 23.4 Å². The fourth-order valence-electron chi connectivity index (χ4n) is 2.68. The molecular weight excluding hydrogens is 248 g/mol. The second kappa shape index (κ2) is 5.47. The van der Waals surface area contributed by atoms with Gasteiger partial charge in [-0.3, -0.25) is 4.79 Å². The minimum atomic E-state index is -0.125. The van der Waals surface area contributed by atoms with E-state index < -0.39 is 0 Å². The average molecular weight is 266 g/mol. The van der Waals surface area contributed by atoms with E-state index in [1.54, 1.807) is 0 Å². The van der Waals surface area contributed by atoms with Crippen LogP contribution >= 0.6 is 0 Å². The van der Waals surface area contributed by atoms with Crippen molar-refractivity contribution in [1.29, 1.82) is 0 Å². The molecule has 0 bridgehead atoms. The molecule has 1 amide bonds. The van der Waals surface area contributed by atoms with Gasteiger partial charge in [0.25, 0.3) is 0 Å². The zero-order valence-electron chi connectivity index (χ0n) is 11.5. The first-order valence-corrected chi connectivity index (χ1v) is 6.90. The predicted octanol–water partition coefficient (Wildman–Crippen LogP) is 2.82. The first-order chi connectivity index (χ1) is 9.74. The third-order valence-electron chi connectivity index (χ3n) is 3.70. The molecule has 0 saturated carbocycles. The summed E-state index contributed by atoms with van der Waals surface area (Å²) in [7, 11) is 0. The molecular formula is C17H18N2O. The van der Waals surface area contributed by atoms with Gasteiger partial charge in [-0.05, 0) is 35.7 Å². The number of carbonyl (C=O) groups is 1. The van der Waals surface area contributed by atoms with Gasteiger partial charge in [-0.1, -0.05) is 36.4 Å². The molecule has 1 heterocycles. The van der Waals surface area contributed by atoms with Crippen molar-refractivity contribution in [3.05, 3.63) is 65.2 Å². The molecule has 0 fully saturated rings. The van der Waals surface area contributed by atoms with E-state index in [4.69, 9.17) is 0 Å². The van der Waals surface area contributed by atoms with Gasteiger partial charge in [-0.15, -0.1) is 0 Å². The molecule has 1 aliphatic rings. The van der Waals surface area contributed by atoms with Crippen LogP contribution in [0.1, 0.15) is 22.6 Å². The Morgan fingerprint density at radius 3 is 2.90 bits per heavy atom. The number of hydrogen-bond donors (Lipinski definition) is 2. The number of carbonyl (C=O) groups excluding carboxylic acids is 1. The van der Waals surface area contributed by atoms with Gasteiger partial charge in [-0.2, -0.15) is 0 Å². The lowest BCUT2D eigenvalue weighted by atomic mass is 9.90. The first kappa shape index (κ1) is 12.9. The van der Waals surface area contributed by atoms with Crippen molar-refractivity contribution in [2.45, 2.75) is 19.4 Å². The number of benzene rings is 2. The summed E-state index contributed by atoms with van der Waals surface area (Å²) in [6.45, 7) is 3.55. The molecule has 2 N–H and O–H groups in total. The van der Waals surface area contributed by atoms with Crippen molar-refractivity contribution in [2.24, 2.45) is 0 Å². The highest BCUT2D eigenvalue weighted by Gasteiger charge is 2.25. The summed E-state index contributed by atoms with van der Waals surface area (Å²) < 4.78 is 0. The Kier molecular flexibility index (Phi) is 3.52. The maximum atomic E-state index is 12.5. The molecule has 1 aliphatic heterocycles. The van der Waals surface area contributed by atoms with Gasteiger partial charge < -0.3 is 10.6 Å². The number of rotatable bonds is 2. The molecule has 3 rings (SSSR count). The summed E-state index contributed by atoms with van der Waals surface area (Å²) in [6, 6.07) is 16.0. The summed E-state index contributed by atoms with van der Waals surface area (Å²) in [5, 5.41) is 6.32. The molecule has 0 aliphatic carbocycles. The van der Waals surface area contributed by atoms with Crippen LogP contribution < -0.4 is 10.6 Å². The van der Waals surface area contributed by atoms with Crippen molar-refractivity contribution >= 4 is 11.6 Å². The Morgan fingerprint density at radius 1 is 1.20 bits per heavy atom. The lowest BCUT2D eigenvalue weighted by Gasteiger charge is -2.25. The normalized spacial score (nSPS) is 17.4. The van der Waals surface area contributed by atoms with Crippen molar-refractivity contribution in [3.8, 4) is 0 Å². The van der Waals surface area contributed by atoms with Gasteiger partial charge in [-0.25, -0.2) is 0 Å². The molecule has 2 aromatic carbocycles. The van der Waals surface area contributed by atoms with Crippen molar-refractivity contribution in [2.75, 3.05) is 11.9 Å². The molecule has 1 unspecified atom stereocenters. The van der Waals surface area contributed by atoms with Crippen molar-refractivity contribution < 1.29 is 4.79 Å². The molecule has 3 nitrogen and oxygen atoms in total. The van der Waals surface area contributed by atoms with Crippen LogP contribution in [0.25, 0.3) is 0 Å².